The standard InChI is InChI=1S/C26H32N2O3/c1-27(26(30)20-6-8-25(9-7-20)31-17-18-2-3-18)23-13-21-5-4-19(12-22(21)14-23)15-28-11-10-24(29)16-28/h4-9,12,18,23-24,29H,2-3,10-11,13-17H2,1H3/t23-,24-/m1/s1. The van der Waals surface area contributed by atoms with E-state index in [1.54, 1.807) is 0 Å². The van der Waals surface area contributed by atoms with Crippen LogP contribution in [0.4, 0.5) is 0 Å². The predicted molar refractivity (Wildman–Crippen MR) is 120 cm³/mol. The molecule has 1 aliphatic heterocycles. The zero-order valence-corrected chi connectivity index (χ0v) is 18.3. The molecule has 0 unspecified atom stereocenters. The van der Waals surface area contributed by atoms with Gasteiger partial charge in [-0.1, -0.05) is 18.2 Å². The van der Waals surface area contributed by atoms with Crippen molar-refractivity contribution in [3.63, 3.8) is 0 Å². The number of likely N-dealkylation sites (N-methyl/N-ethyl adjacent to an activating group) is 1. The predicted octanol–water partition coefficient (Wildman–Crippen LogP) is 3.28. The Hall–Kier alpha value is -2.37. The molecule has 2 atom stereocenters. The number of β-amino-alcohol motifs (C(OH)–C–C–N with tert-alkyl or cyclic N) is 1. The molecule has 0 bridgehead atoms. The van der Waals surface area contributed by atoms with Gasteiger partial charge in [0.15, 0.2) is 0 Å². The molecule has 5 rings (SSSR count). The van der Waals surface area contributed by atoms with Gasteiger partial charge in [0.25, 0.3) is 5.91 Å². The van der Waals surface area contributed by atoms with Crippen molar-refractivity contribution in [2.45, 2.75) is 50.8 Å². The van der Waals surface area contributed by atoms with Gasteiger partial charge in [-0.3, -0.25) is 9.69 Å². The summed E-state index contributed by atoms with van der Waals surface area (Å²) >= 11 is 0. The van der Waals surface area contributed by atoms with Crippen LogP contribution in [-0.2, 0) is 19.4 Å². The minimum Gasteiger partial charge on any atom is -0.493 e. The van der Waals surface area contributed by atoms with Crippen molar-refractivity contribution >= 4 is 5.91 Å². The smallest absolute Gasteiger partial charge is 0.253 e. The number of carbonyl (C=O) groups excluding carboxylic acids is 1. The normalized spacial score (nSPS) is 23.0. The van der Waals surface area contributed by atoms with E-state index in [4.69, 9.17) is 4.74 Å². The first-order valence-corrected chi connectivity index (χ1v) is 11.6. The van der Waals surface area contributed by atoms with Crippen molar-refractivity contribution < 1.29 is 14.6 Å². The van der Waals surface area contributed by atoms with Crippen LogP contribution >= 0.6 is 0 Å². The number of ether oxygens (including phenoxy) is 1. The van der Waals surface area contributed by atoms with Gasteiger partial charge in [0.1, 0.15) is 5.75 Å². The second-order valence-corrected chi connectivity index (χ2v) is 9.54. The first-order valence-electron chi connectivity index (χ1n) is 11.6. The number of likely N-dealkylation sites (tertiary alicyclic amines) is 1. The lowest BCUT2D eigenvalue weighted by Gasteiger charge is -2.24. The maximum absolute atomic E-state index is 13.1. The van der Waals surface area contributed by atoms with E-state index in [2.05, 4.69) is 23.1 Å². The van der Waals surface area contributed by atoms with Gasteiger partial charge < -0.3 is 14.7 Å². The number of hydrogen-bond donors (Lipinski definition) is 1. The summed E-state index contributed by atoms with van der Waals surface area (Å²) in [6.45, 7) is 3.40. The van der Waals surface area contributed by atoms with Gasteiger partial charge in [-0.15, -0.1) is 0 Å². The van der Waals surface area contributed by atoms with Crippen LogP contribution < -0.4 is 4.74 Å². The summed E-state index contributed by atoms with van der Waals surface area (Å²) in [7, 11) is 1.92. The van der Waals surface area contributed by atoms with Gasteiger partial charge in [0.2, 0.25) is 0 Å². The van der Waals surface area contributed by atoms with Crippen LogP contribution in [0.5, 0.6) is 5.75 Å². The van der Waals surface area contributed by atoms with Crippen LogP contribution in [0.3, 0.4) is 0 Å². The first kappa shape index (κ1) is 20.5. The van der Waals surface area contributed by atoms with Crippen molar-refractivity contribution in [3.05, 3.63) is 64.7 Å². The maximum atomic E-state index is 13.1. The Balaban J connectivity index is 1.19. The minimum atomic E-state index is -0.183. The number of fused-ring (bicyclic) bond motifs is 1. The molecule has 2 aromatic rings. The lowest BCUT2D eigenvalue weighted by Crippen LogP contribution is -2.37. The highest BCUT2D eigenvalue weighted by molar-refractivity contribution is 5.94. The van der Waals surface area contributed by atoms with Crippen molar-refractivity contribution in [3.8, 4) is 5.75 Å². The van der Waals surface area contributed by atoms with E-state index >= 15 is 0 Å². The third-order valence-electron chi connectivity index (χ3n) is 6.99. The lowest BCUT2D eigenvalue weighted by atomic mass is 10.1. The maximum Gasteiger partial charge on any atom is 0.253 e. The number of amides is 1. The summed E-state index contributed by atoms with van der Waals surface area (Å²) in [6, 6.07) is 14.5. The van der Waals surface area contributed by atoms with E-state index in [1.807, 2.05) is 36.2 Å². The molecule has 5 heteroatoms. The Morgan fingerprint density at radius 1 is 1.10 bits per heavy atom. The lowest BCUT2D eigenvalue weighted by molar-refractivity contribution is 0.0737. The average molecular weight is 421 g/mol. The highest BCUT2D eigenvalue weighted by atomic mass is 16.5. The summed E-state index contributed by atoms with van der Waals surface area (Å²) in [4.78, 5) is 17.3. The van der Waals surface area contributed by atoms with Crippen molar-refractivity contribution in [2.24, 2.45) is 5.92 Å². The van der Waals surface area contributed by atoms with E-state index in [9.17, 15) is 9.90 Å². The zero-order valence-electron chi connectivity index (χ0n) is 18.3. The van der Waals surface area contributed by atoms with E-state index < -0.39 is 0 Å². The quantitative estimate of drug-likeness (QED) is 0.747. The third-order valence-corrected chi connectivity index (χ3v) is 6.99. The SMILES string of the molecule is CN(C(=O)c1ccc(OCC2CC2)cc1)[C@@H]1Cc2ccc(CN3CC[C@@H](O)C3)cc2C1. The highest BCUT2D eigenvalue weighted by Crippen LogP contribution is 2.30. The van der Waals surface area contributed by atoms with Crippen LogP contribution in [0.15, 0.2) is 42.5 Å². The molecule has 3 aliphatic rings. The molecule has 2 aliphatic carbocycles. The number of rotatable bonds is 7. The Morgan fingerprint density at radius 2 is 1.87 bits per heavy atom. The van der Waals surface area contributed by atoms with Crippen molar-refractivity contribution in [1.29, 1.82) is 0 Å². The second kappa shape index (κ2) is 8.64. The molecule has 0 radical (unpaired) electrons. The molecule has 1 saturated heterocycles. The van der Waals surface area contributed by atoms with Gasteiger partial charge in [0, 0.05) is 38.3 Å². The van der Waals surface area contributed by atoms with Gasteiger partial charge >= 0.3 is 0 Å². The van der Waals surface area contributed by atoms with E-state index in [-0.39, 0.29) is 18.1 Å². The summed E-state index contributed by atoms with van der Waals surface area (Å²) in [5.41, 5.74) is 4.71. The second-order valence-electron chi connectivity index (χ2n) is 9.54. The molecule has 5 nitrogen and oxygen atoms in total. The van der Waals surface area contributed by atoms with Gasteiger partial charge in [-0.05, 0) is 79.0 Å². The number of aliphatic hydroxyl groups is 1. The fourth-order valence-corrected chi connectivity index (χ4v) is 4.80. The molecule has 2 aromatic carbocycles. The van der Waals surface area contributed by atoms with Crippen LogP contribution in [0.2, 0.25) is 0 Å². The largest absolute Gasteiger partial charge is 0.493 e. The van der Waals surface area contributed by atoms with Crippen molar-refractivity contribution in [1.82, 2.24) is 9.80 Å². The molecule has 1 heterocycles. The van der Waals surface area contributed by atoms with Gasteiger partial charge in [-0.25, -0.2) is 0 Å². The Morgan fingerprint density at radius 3 is 2.58 bits per heavy atom. The Kier molecular flexibility index (Phi) is 5.72. The molecule has 1 amide bonds. The van der Waals surface area contributed by atoms with Crippen molar-refractivity contribution in [2.75, 3.05) is 26.7 Å². The highest BCUT2D eigenvalue weighted by Gasteiger charge is 2.29. The Bertz CT molecular complexity index is 938. The molecule has 164 valence electrons. The summed E-state index contributed by atoms with van der Waals surface area (Å²) in [5.74, 6) is 1.63. The Labute approximate surface area is 184 Å². The number of aliphatic hydroxyl groups excluding tert-OH is 1. The van der Waals surface area contributed by atoms with Crippen LogP contribution in [0.25, 0.3) is 0 Å². The van der Waals surface area contributed by atoms with E-state index in [0.29, 0.717) is 5.56 Å². The van der Waals surface area contributed by atoms with E-state index in [1.165, 1.54) is 29.5 Å². The first-order chi connectivity index (χ1) is 15.0. The molecule has 1 saturated carbocycles. The fraction of sp³-hybridized carbons (Fsp3) is 0.500. The molecule has 2 fully saturated rings. The molecule has 31 heavy (non-hydrogen) atoms. The minimum absolute atomic E-state index is 0.0674. The molecular formula is C26H32N2O3. The molecule has 0 aromatic heterocycles. The number of carbonyl (C=O) groups is 1. The van der Waals surface area contributed by atoms with Crippen LogP contribution in [0.1, 0.15) is 46.3 Å². The molecule has 0 spiro atoms. The number of nitrogens with zero attached hydrogens (tertiary/aromatic N) is 2. The number of benzene rings is 2. The molecular weight excluding hydrogens is 388 g/mol. The number of hydrogen-bond acceptors (Lipinski definition) is 4. The summed E-state index contributed by atoms with van der Waals surface area (Å²) in [5, 5.41) is 9.75. The third kappa shape index (κ3) is 4.78. The monoisotopic (exact) mass is 420 g/mol. The fourth-order valence-electron chi connectivity index (χ4n) is 4.80. The summed E-state index contributed by atoms with van der Waals surface area (Å²) < 4.78 is 5.79. The van der Waals surface area contributed by atoms with E-state index in [0.717, 1.165) is 57.2 Å². The van der Waals surface area contributed by atoms with Gasteiger partial charge in [-0.2, -0.15) is 0 Å². The van der Waals surface area contributed by atoms with Crippen LogP contribution in [-0.4, -0.2) is 59.7 Å². The van der Waals surface area contributed by atoms with Gasteiger partial charge in [0.05, 0.1) is 12.7 Å². The zero-order chi connectivity index (χ0) is 21.4. The summed E-state index contributed by atoms with van der Waals surface area (Å²) in [6.07, 6.45) is 5.03. The topological polar surface area (TPSA) is 53.0 Å². The average Bonchev–Trinajstić information content (AvgIpc) is 3.38. The van der Waals surface area contributed by atoms with Crippen LogP contribution in [0, 0.1) is 5.92 Å². The molecule has 1 N–H and O–H groups in total.